The Labute approximate surface area is 120 Å². The molecule has 1 atom stereocenters. The quantitative estimate of drug-likeness (QED) is 0.816. The van der Waals surface area contributed by atoms with Crippen LogP contribution < -0.4 is 5.73 Å². The van der Waals surface area contributed by atoms with Crippen LogP contribution in [0.4, 0.5) is 5.69 Å². The largest absolute Gasteiger partial charge is 0.478 e. The number of hydrogen-bond acceptors (Lipinski definition) is 4. The standard InChI is InChI=1S/C15H23N3O2/c1-3-18-8-7-17(9-11(18)2)10-12-5-4-6-13(16)14(12)15(19)20/h4-6,11H,3,7-10,16H2,1-2H3,(H,19,20). The molecule has 1 aliphatic heterocycles. The Hall–Kier alpha value is -1.59. The minimum absolute atomic E-state index is 0.248. The van der Waals surface area contributed by atoms with Gasteiger partial charge in [-0.25, -0.2) is 4.79 Å². The predicted octanol–water partition coefficient (Wildman–Crippen LogP) is 1.49. The van der Waals surface area contributed by atoms with E-state index in [1.54, 1.807) is 6.07 Å². The molecule has 1 fully saturated rings. The number of carboxylic acid groups (broad SMARTS) is 1. The van der Waals surface area contributed by atoms with E-state index in [0.717, 1.165) is 31.7 Å². The van der Waals surface area contributed by atoms with Crippen molar-refractivity contribution in [3.63, 3.8) is 0 Å². The molecule has 0 radical (unpaired) electrons. The summed E-state index contributed by atoms with van der Waals surface area (Å²) in [6.45, 7) is 9.05. The second-order valence-electron chi connectivity index (χ2n) is 5.40. The maximum atomic E-state index is 11.3. The molecule has 1 aromatic rings. The molecule has 1 heterocycles. The molecule has 110 valence electrons. The number of carbonyl (C=O) groups is 1. The number of aromatic carboxylic acids is 1. The fourth-order valence-electron chi connectivity index (χ4n) is 2.94. The van der Waals surface area contributed by atoms with Crippen molar-refractivity contribution >= 4 is 11.7 Å². The topological polar surface area (TPSA) is 69.8 Å². The van der Waals surface area contributed by atoms with Crippen LogP contribution in [0.3, 0.4) is 0 Å². The Morgan fingerprint density at radius 3 is 2.80 bits per heavy atom. The minimum Gasteiger partial charge on any atom is -0.478 e. The molecule has 0 bridgehead atoms. The van der Waals surface area contributed by atoms with Crippen LogP contribution in [-0.4, -0.2) is 53.1 Å². The van der Waals surface area contributed by atoms with Gasteiger partial charge in [0.2, 0.25) is 0 Å². The minimum atomic E-state index is -0.946. The van der Waals surface area contributed by atoms with E-state index in [0.29, 0.717) is 18.3 Å². The molecule has 5 nitrogen and oxygen atoms in total. The highest BCUT2D eigenvalue weighted by molar-refractivity contribution is 5.95. The van der Waals surface area contributed by atoms with Gasteiger partial charge in [0.15, 0.2) is 0 Å². The number of nitrogens with zero attached hydrogens (tertiary/aromatic N) is 2. The molecule has 0 spiro atoms. The third kappa shape index (κ3) is 3.11. The Balaban J connectivity index is 2.12. The SMILES string of the molecule is CCN1CCN(Cc2cccc(N)c2C(=O)O)CC1C. The average Bonchev–Trinajstić information content (AvgIpc) is 2.38. The van der Waals surface area contributed by atoms with E-state index in [2.05, 4.69) is 23.6 Å². The Morgan fingerprint density at radius 2 is 2.20 bits per heavy atom. The molecule has 1 unspecified atom stereocenters. The monoisotopic (exact) mass is 277 g/mol. The summed E-state index contributed by atoms with van der Waals surface area (Å²) in [6.07, 6.45) is 0. The van der Waals surface area contributed by atoms with Gasteiger partial charge in [-0.15, -0.1) is 0 Å². The molecule has 1 saturated heterocycles. The summed E-state index contributed by atoms with van der Waals surface area (Å²) in [7, 11) is 0. The van der Waals surface area contributed by atoms with Gasteiger partial charge in [-0.3, -0.25) is 9.80 Å². The zero-order valence-corrected chi connectivity index (χ0v) is 12.2. The molecule has 0 saturated carbocycles. The van der Waals surface area contributed by atoms with Crippen molar-refractivity contribution in [3.05, 3.63) is 29.3 Å². The van der Waals surface area contributed by atoms with Crippen LogP contribution in [0, 0.1) is 0 Å². The number of hydrogen-bond donors (Lipinski definition) is 2. The molecule has 0 aliphatic carbocycles. The van der Waals surface area contributed by atoms with Gasteiger partial charge in [-0.1, -0.05) is 19.1 Å². The molecule has 20 heavy (non-hydrogen) atoms. The van der Waals surface area contributed by atoms with E-state index < -0.39 is 5.97 Å². The van der Waals surface area contributed by atoms with Gasteiger partial charge in [0.05, 0.1) is 5.56 Å². The molecule has 3 N–H and O–H groups in total. The second-order valence-corrected chi connectivity index (χ2v) is 5.40. The van der Waals surface area contributed by atoms with Crippen LogP contribution in [0.1, 0.15) is 29.8 Å². The zero-order valence-electron chi connectivity index (χ0n) is 12.2. The third-order valence-electron chi connectivity index (χ3n) is 4.05. The summed E-state index contributed by atoms with van der Waals surface area (Å²) in [5.41, 5.74) is 7.18. The highest BCUT2D eigenvalue weighted by Crippen LogP contribution is 2.20. The van der Waals surface area contributed by atoms with Crippen molar-refractivity contribution in [2.24, 2.45) is 0 Å². The molecule has 2 rings (SSSR count). The van der Waals surface area contributed by atoms with Crippen LogP contribution in [0.25, 0.3) is 0 Å². The van der Waals surface area contributed by atoms with Crippen LogP contribution in [0.5, 0.6) is 0 Å². The molecule has 0 aromatic heterocycles. The summed E-state index contributed by atoms with van der Waals surface area (Å²) < 4.78 is 0. The van der Waals surface area contributed by atoms with Crippen LogP contribution in [-0.2, 0) is 6.54 Å². The summed E-state index contributed by atoms with van der Waals surface area (Å²) in [5, 5.41) is 9.30. The first-order valence-electron chi connectivity index (χ1n) is 7.10. The predicted molar refractivity (Wildman–Crippen MR) is 79.8 cm³/mol. The van der Waals surface area contributed by atoms with E-state index >= 15 is 0 Å². The maximum Gasteiger partial charge on any atom is 0.338 e. The lowest BCUT2D eigenvalue weighted by Gasteiger charge is -2.39. The van der Waals surface area contributed by atoms with Crippen LogP contribution in [0.15, 0.2) is 18.2 Å². The molecule has 0 amide bonds. The van der Waals surface area contributed by atoms with Gasteiger partial charge in [-0.05, 0) is 25.1 Å². The molecule has 5 heteroatoms. The van der Waals surface area contributed by atoms with E-state index in [4.69, 9.17) is 5.73 Å². The Bertz CT molecular complexity index is 490. The Kier molecular flexibility index (Phi) is 4.62. The smallest absolute Gasteiger partial charge is 0.338 e. The number of rotatable bonds is 4. The summed E-state index contributed by atoms with van der Waals surface area (Å²) in [5.74, 6) is -0.946. The second kappa shape index (κ2) is 6.24. The van der Waals surface area contributed by atoms with Gasteiger partial charge in [0.25, 0.3) is 0 Å². The van der Waals surface area contributed by atoms with Crippen molar-refractivity contribution < 1.29 is 9.90 Å². The highest BCUT2D eigenvalue weighted by Gasteiger charge is 2.24. The molecule has 1 aliphatic rings. The van der Waals surface area contributed by atoms with Crippen molar-refractivity contribution in [2.75, 3.05) is 31.9 Å². The van der Waals surface area contributed by atoms with Gasteiger partial charge in [0, 0.05) is 37.9 Å². The van der Waals surface area contributed by atoms with Crippen LogP contribution in [0.2, 0.25) is 0 Å². The average molecular weight is 277 g/mol. The van der Waals surface area contributed by atoms with Crippen molar-refractivity contribution in [1.29, 1.82) is 0 Å². The van der Waals surface area contributed by atoms with Gasteiger partial charge < -0.3 is 10.8 Å². The lowest BCUT2D eigenvalue weighted by Crippen LogP contribution is -2.51. The summed E-state index contributed by atoms with van der Waals surface area (Å²) in [4.78, 5) is 16.1. The lowest BCUT2D eigenvalue weighted by atomic mass is 10.0. The molecule has 1 aromatic carbocycles. The van der Waals surface area contributed by atoms with Gasteiger partial charge in [0.1, 0.15) is 0 Å². The first kappa shape index (κ1) is 14.8. The zero-order chi connectivity index (χ0) is 14.7. The highest BCUT2D eigenvalue weighted by atomic mass is 16.4. The van der Waals surface area contributed by atoms with E-state index in [1.807, 2.05) is 12.1 Å². The summed E-state index contributed by atoms with van der Waals surface area (Å²) in [6, 6.07) is 5.83. The normalized spacial score (nSPS) is 21.0. The first-order chi connectivity index (χ1) is 9.52. The number of carboxylic acids is 1. The molecular weight excluding hydrogens is 254 g/mol. The number of likely N-dealkylation sites (N-methyl/N-ethyl adjacent to an activating group) is 1. The number of nitrogens with two attached hydrogens (primary N) is 1. The van der Waals surface area contributed by atoms with Crippen molar-refractivity contribution in [2.45, 2.75) is 26.4 Å². The number of anilines is 1. The Morgan fingerprint density at radius 1 is 1.45 bits per heavy atom. The molecular formula is C15H23N3O2. The van der Waals surface area contributed by atoms with Crippen molar-refractivity contribution in [3.8, 4) is 0 Å². The summed E-state index contributed by atoms with van der Waals surface area (Å²) >= 11 is 0. The van der Waals surface area contributed by atoms with Crippen molar-refractivity contribution in [1.82, 2.24) is 9.80 Å². The number of nitrogen functional groups attached to an aromatic ring is 1. The van der Waals surface area contributed by atoms with E-state index in [1.165, 1.54) is 0 Å². The van der Waals surface area contributed by atoms with Gasteiger partial charge in [-0.2, -0.15) is 0 Å². The van der Waals surface area contributed by atoms with E-state index in [-0.39, 0.29) is 5.56 Å². The number of piperazine rings is 1. The first-order valence-corrected chi connectivity index (χ1v) is 7.10. The van der Waals surface area contributed by atoms with E-state index in [9.17, 15) is 9.90 Å². The van der Waals surface area contributed by atoms with Crippen LogP contribution >= 0.6 is 0 Å². The maximum absolute atomic E-state index is 11.3. The number of benzene rings is 1. The fraction of sp³-hybridized carbons (Fsp3) is 0.533. The fourth-order valence-corrected chi connectivity index (χ4v) is 2.94. The van der Waals surface area contributed by atoms with Gasteiger partial charge >= 0.3 is 5.97 Å². The third-order valence-corrected chi connectivity index (χ3v) is 4.05. The lowest BCUT2D eigenvalue weighted by molar-refractivity contribution is 0.0688.